The van der Waals surface area contributed by atoms with E-state index in [4.69, 9.17) is 5.11 Å². The molecular weight excluding hydrogens is 371 g/mol. The summed E-state index contributed by atoms with van der Waals surface area (Å²) in [6.07, 6.45) is 0. The Hall–Kier alpha value is -0.870. The summed E-state index contributed by atoms with van der Waals surface area (Å²) in [5.74, 6) is 0. The van der Waals surface area contributed by atoms with Crippen molar-refractivity contribution in [3.8, 4) is 0 Å². The molecule has 2 heteroatoms. The van der Waals surface area contributed by atoms with Gasteiger partial charge in [0.15, 0.2) is 0 Å². The monoisotopic (exact) mass is 396 g/mol. The van der Waals surface area contributed by atoms with Gasteiger partial charge < -0.3 is 5.11 Å². The van der Waals surface area contributed by atoms with Crippen LogP contribution in [0.4, 0.5) is 0 Å². The highest BCUT2D eigenvalue weighted by Gasteiger charge is 2.03. The van der Waals surface area contributed by atoms with Crippen LogP contribution < -0.4 is 0 Å². The lowest BCUT2D eigenvalue weighted by Gasteiger charge is -2.09. The molecule has 0 bridgehead atoms. The van der Waals surface area contributed by atoms with Crippen LogP contribution in [0, 0.1) is 45.1 Å². The van der Waals surface area contributed by atoms with Gasteiger partial charge in [0, 0.05) is 3.57 Å². The first-order valence-electron chi connectivity index (χ1n) is 7.18. The molecule has 114 valence electrons. The fourth-order valence-corrected chi connectivity index (χ4v) is 3.13. The summed E-state index contributed by atoms with van der Waals surface area (Å²) in [7, 11) is 0. The van der Waals surface area contributed by atoms with Gasteiger partial charge in [-0.1, -0.05) is 18.2 Å². The fraction of sp³-hybridized carbons (Fsp3) is 0.368. The number of halogens is 1. The predicted molar refractivity (Wildman–Crippen MR) is 99.9 cm³/mol. The van der Waals surface area contributed by atoms with E-state index < -0.39 is 0 Å². The summed E-state index contributed by atoms with van der Waals surface area (Å²) >= 11 is 2.39. The number of aryl methyl sites for hydroxylation is 3. The van der Waals surface area contributed by atoms with Crippen LogP contribution in [-0.4, -0.2) is 5.11 Å². The summed E-state index contributed by atoms with van der Waals surface area (Å²) in [6.45, 7) is 12.9. The van der Waals surface area contributed by atoms with E-state index in [9.17, 15) is 0 Å². The van der Waals surface area contributed by atoms with Gasteiger partial charge in [0.05, 0.1) is 6.61 Å². The number of hydrogen-bond donors (Lipinski definition) is 1. The van der Waals surface area contributed by atoms with E-state index in [-0.39, 0.29) is 6.61 Å². The van der Waals surface area contributed by atoms with Crippen LogP contribution in [0.3, 0.4) is 0 Å². The molecule has 0 aliphatic carbocycles. The third kappa shape index (κ3) is 4.55. The van der Waals surface area contributed by atoms with Crippen molar-refractivity contribution in [2.24, 2.45) is 0 Å². The van der Waals surface area contributed by atoms with Crippen molar-refractivity contribution in [1.29, 1.82) is 0 Å². The molecule has 0 spiro atoms. The van der Waals surface area contributed by atoms with E-state index in [2.05, 4.69) is 56.4 Å². The first kappa shape index (κ1) is 18.2. The average molecular weight is 396 g/mol. The Morgan fingerprint density at radius 2 is 1.33 bits per heavy atom. The lowest BCUT2D eigenvalue weighted by molar-refractivity contribution is 0.280. The SMILES string of the molecule is Cc1cc(I)c(C)c(C)c1C.Cc1cccc(C)c1CO. The molecule has 1 N–H and O–H groups in total. The molecule has 0 fully saturated rings. The van der Waals surface area contributed by atoms with E-state index >= 15 is 0 Å². The van der Waals surface area contributed by atoms with E-state index in [0.717, 1.165) is 5.56 Å². The Bertz CT molecular complexity index is 583. The Kier molecular flexibility index (Phi) is 6.88. The maximum absolute atomic E-state index is 8.90. The Balaban J connectivity index is 0.000000211. The van der Waals surface area contributed by atoms with Crippen LogP contribution in [-0.2, 0) is 6.61 Å². The second kappa shape index (κ2) is 7.95. The molecule has 2 rings (SSSR count). The minimum absolute atomic E-state index is 0.151. The summed E-state index contributed by atoms with van der Waals surface area (Å²) in [5.41, 5.74) is 9.09. The molecule has 0 heterocycles. The molecule has 0 aliphatic rings. The van der Waals surface area contributed by atoms with Gasteiger partial charge >= 0.3 is 0 Å². The first-order chi connectivity index (χ1) is 9.79. The van der Waals surface area contributed by atoms with Crippen molar-refractivity contribution in [3.63, 3.8) is 0 Å². The second-order valence-electron chi connectivity index (χ2n) is 5.58. The highest BCUT2D eigenvalue weighted by atomic mass is 127. The number of rotatable bonds is 1. The van der Waals surface area contributed by atoms with Gasteiger partial charge in [0.2, 0.25) is 0 Å². The molecule has 0 atom stereocenters. The highest BCUT2D eigenvalue weighted by molar-refractivity contribution is 14.1. The van der Waals surface area contributed by atoms with Gasteiger partial charge in [0.1, 0.15) is 0 Å². The topological polar surface area (TPSA) is 20.2 Å². The molecule has 0 aliphatic heterocycles. The maximum atomic E-state index is 8.90. The van der Waals surface area contributed by atoms with Gasteiger partial charge in [-0.3, -0.25) is 0 Å². The van der Waals surface area contributed by atoms with Gasteiger partial charge in [-0.25, -0.2) is 0 Å². The van der Waals surface area contributed by atoms with Crippen molar-refractivity contribution in [2.75, 3.05) is 0 Å². The van der Waals surface area contributed by atoms with Crippen LogP contribution in [0.1, 0.15) is 38.9 Å². The summed E-state index contributed by atoms with van der Waals surface area (Å²) in [4.78, 5) is 0. The first-order valence-corrected chi connectivity index (χ1v) is 8.26. The smallest absolute Gasteiger partial charge is 0.0686 e. The normalized spacial score (nSPS) is 10.1. The number of benzene rings is 2. The molecule has 0 unspecified atom stereocenters. The summed E-state index contributed by atoms with van der Waals surface area (Å²) in [6, 6.07) is 8.28. The third-order valence-electron chi connectivity index (χ3n) is 4.22. The lowest BCUT2D eigenvalue weighted by atomic mass is 10.0. The van der Waals surface area contributed by atoms with Gasteiger partial charge in [-0.05, 0) is 109 Å². The van der Waals surface area contributed by atoms with Crippen LogP contribution in [0.2, 0.25) is 0 Å². The van der Waals surface area contributed by atoms with Crippen LogP contribution in [0.5, 0.6) is 0 Å². The lowest BCUT2D eigenvalue weighted by Crippen LogP contribution is -1.93. The van der Waals surface area contributed by atoms with E-state index in [1.165, 1.54) is 37.0 Å². The van der Waals surface area contributed by atoms with Gasteiger partial charge in [-0.2, -0.15) is 0 Å². The van der Waals surface area contributed by atoms with Gasteiger partial charge in [0.25, 0.3) is 0 Å². The van der Waals surface area contributed by atoms with Crippen molar-refractivity contribution in [2.45, 2.75) is 48.1 Å². The molecule has 0 saturated carbocycles. The number of aliphatic hydroxyl groups excluding tert-OH is 1. The summed E-state index contributed by atoms with van der Waals surface area (Å²) in [5, 5.41) is 8.90. The zero-order valence-electron chi connectivity index (χ0n) is 13.8. The predicted octanol–water partition coefficient (Wildman–Crippen LogP) is 5.32. The number of hydrogen-bond acceptors (Lipinski definition) is 1. The molecule has 0 amide bonds. The molecule has 0 saturated heterocycles. The largest absolute Gasteiger partial charge is 0.392 e. The van der Waals surface area contributed by atoms with E-state index in [1.54, 1.807) is 0 Å². The Labute approximate surface area is 142 Å². The molecule has 2 aromatic rings. The van der Waals surface area contributed by atoms with Crippen molar-refractivity contribution < 1.29 is 5.11 Å². The zero-order valence-corrected chi connectivity index (χ0v) is 16.0. The second-order valence-corrected chi connectivity index (χ2v) is 6.74. The summed E-state index contributed by atoms with van der Waals surface area (Å²) < 4.78 is 1.38. The Morgan fingerprint density at radius 3 is 1.76 bits per heavy atom. The standard InChI is InChI=1S/C10H13I.C9H12O/c1-6-5-10(11)9(4)8(3)7(6)2;1-7-4-3-5-8(2)9(7)6-10/h5H,1-4H3;3-5,10H,6H2,1-2H3. The zero-order chi connectivity index (χ0) is 16.2. The average Bonchev–Trinajstić information content (AvgIpc) is 2.44. The fourth-order valence-electron chi connectivity index (χ4n) is 2.26. The highest BCUT2D eigenvalue weighted by Crippen LogP contribution is 2.21. The third-order valence-corrected chi connectivity index (χ3v) is 5.34. The van der Waals surface area contributed by atoms with Crippen molar-refractivity contribution in [1.82, 2.24) is 0 Å². The van der Waals surface area contributed by atoms with Gasteiger partial charge in [-0.15, -0.1) is 0 Å². The minimum atomic E-state index is 0.151. The maximum Gasteiger partial charge on any atom is 0.0686 e. The van der Waals surface area contributed by atoms with Crippen LogP contribution in [0.15, 0.2) is 24.3 Å². The quantitative estimate of drug-likeness (QED) is 0.647. The van der Waals surface area contributed by atoms with Crippen LogP contribution in [0.25, 0.3) is 0 Å². The van der Waals surface area contributed by atoms with Crippen LogP contribution >= 0.6 is 22.6 Å². The molecular formula is C19H25IO. The van der Waals surface area contributed by atoms with Crippen molar-refractivity contribution >= 4 is 22.6 Å². The van der Waals surface area contributed by atoms with Crippen molar-refractivity contribution in [3.05, 3.63) is 66.8 Å². The molecule has 2 aromatic carbocycles. The molecule has 1 nitrogen and oxygen atoms in total. The van der Waals surface area contributed by atoms with E-state index in [1.807, 2.05) is 32.0 Å². The Morgan fingerprint density at radius 1 is 0.810 bits per heavy atom. The number of aliphatic hydroxyl groups is 1. The van der Waals surface area contributed by atoms with E-state index in [0.29, 0.717) is 0 Å². The molecule has 21 heavy (non-hydrogen) atoms. The molecule has 0 aromatic heterocycles. The minimum Gasteiger partial charge on any atom is -0.392 e. The molecule has 0 radical (unpaired) electrons.